The first-order valence-corrected chi connectivity index (χ1v) is 6.57. The van der Waals surface area contributed by atoms with Crippen LogP contribution < -0.4 is 4.72 Å². The molecule has 16 heavy (non-hydrogen) atoms. The van der Waals surface area contributed by atoms with Crippen molar-refractivity contribution in [3.63, 3.8) is 0 Å². The van der Waals surface area contributed by atoms with E-state index in [1.807, 2.05) is 0 Å². The molecule has 90 valence electrons. The van der Waals surface area contributed by atoms with Crippen molar-refractivity contribution < 1.29 is 17.9 Å². The summed E-state index contributed by atoms with van der Waals surface area (Å²) in [5.74, 6) is -1.09. The molecular formula is C7H10BrN3O4S. The zero-order chi connectivity index (χ0) is 12.3. The maximum atomic E-state index is 11.3. The molecule has 1 heterocycles. The molecule has 1 aromatic heterocycles. The van der Waals surface area contributed by atoms with Crippen molar-refractivity contribution in [2.75, 3.05) is 14.2 Å². The van der Waals surface area contributed by atoms with Crippen molar-refractivity contribution in [1.29, 1.82) is 0 Å². The average Bonchev–Trinajstić information content (AvgIpc) is 2.57. The van der Waals surface area contributed by atoms with E-state index in [1.165, 1.54) is 20.2 Å². The standard InChI is InChI=1S/C7H10BrN3O4S/c1-9-16(13,14)4-11-5(7(12)15-2)3-6(8)10-11/h3,9H,4H2,1-2H3. The van der Waals surface area contributed by atoms with Crippen LogP contribution in [-0.4, -0.2) is 38.3 Å². The molecule has 7 nitrogen and oxygen atoms in total. The topological polar surface area (TPSA) is 90.3 Å². The van der Waals surface area contributed by atoms with Gasteiger partial charge in [-0.25, -0.2) is 22.6 Å². The van der Waals surface area contributed by atoms with E-state index in [0.717, 1.165) is 4.68 Å². The summed E-state index contributed by atoms with van der Waals surface area (Å²) in [4.78, 5) is 11.3. The van der Waals surface area contributed by atoms with Gasteiger partial charge in [0.05, 0.1) is 7.11 Å². The normalized spacial score (nSPS) is 11.4. The minimum absolute atomic E-state index is 0.0631. The number of methoxy groups -OCH3 is 1. The number of hydrogen-bond acceptors (Lipinski definition) is 5. The third kappa shape index (κ3) is 3.03. The van der Waals surface area contributed by atoms with Gasteiger partial charge in [-0.05, 0) is 23.0 Å². The third-order valence-electron chi connectivity index (χ3n) is 1.75. The molecule has 9 heteroatoms. The zero-order valence-corrected chi connectivity index (χ0v) is 11.0. The highest BCUT2D eigenvalue weighted by atomic mass is 79.9. The lowest BCUT2D eigenvalue weighted by atomic mass is 10.4. The number of rotatable bonds is 4. The van der Waals surface area contributed by atoms with Crippen LogP contribution >= 0.6 is 15.9 Å². The van der Waals surface area contributed by atoms with E-state index < -0.39 is 21.9 Å². The molecule has 0 radical (unpaired) electrons. The molecule has 0 saturated carbocycles. The Morgan fingerprint density at radius 1 is 1.69 bits per heavy atom. The van der Waals surface area contributed by atoms with Gasteiger partial charge in [0.25, 0.3) is 0 Å². The van der Waals surface area contributed by atoms with Gasteiger partial charge in [-0.1, -0.05) is 0 Å². The van der Waals surface area contributed by atoms with Crippen molar-refractivity contribution in [2.24, 2.45) is 0 Å². The van der Waals surface area contributed by atoms with E-state index in [0.29, 0.717) is 4.60 Å². The quantitative estimate of drug-likeness (QED) is 0.787. The first-order chi connectivity index (χ1) is 7.39. The minimum atomic E-state index is -3.50. The Labute approximate surface area is 101 Å². The Morgan fingerprint density at radius 3 is 2.81 bits per heavy atom. The molecule has 1 N–H and O–H groups in total. The molecule has 1 aromatic rings. The second kappa shape index (κ2) is 4.93. The first-order valence-electron chi connectivity index (χ1n) is 4.12. The third-order valence-corrected chi connectivity index (χ3v) is 3.34. The van der Waals surface area contributed by atoms with Crippen LogP contribution in [0.2, 0.25) is 0 Å². The molecule has 0 saturated heterocycles. The van der Waals surface area contributed by atoms with E-state index in [1.54, 1.807) is 0 Å². The molecule has 0 unspecified atom stereocenters. The summed E-state index contributed by atoms with van der Waals surface area (Å²) in [6.07, 6.45) is 0. The van der Waals surface area contributed by atoms with Crippen LogP contribution in [0.15, 0.2) is 10.7 Å². The molecule has 0 aliphatic carbocycles. The molecule has 0 fully saturated rings. The van der Waals surface area contributed by atoms with E-state index in [2.05, 4.69) is 30.5 Å². The van der Waals surface area contributed by atoms with E-state index in [4.69, 9.17) is 0 Å². The molecule has 0 bridgehead atoms. The van der Waals surface area contributed by atoms with Crippen molar-refractivity contribution in [3.05, 3.63) is 16.4 Å². The Morgan fingerprint density at radius 2 is 2.31 bits per heavy atom. The van der Waals surface area contributed by atoms with Crippen LogP contribution in [0.1, 0.15) is 10.5 Å². The van der Waals surface area contributed by atoms with Crippen molar-refractivity contribution in [3.8, 4) is 0 Å². The number of carbonyl (C=O) groups is 1. The van der Waals surface area contributed by atoms with Gasteiger partial charge in [0.2, 0.25) is 10.0 Å². The van der Waals surface area contributed by atoms with E-state index in [-0.39, 0.29) is 5.69 Å². The second-order valence-corrected chi connectivity index (χ2v) is 5.50. The van der Waals surface area contributed by atoms with Crippen LogP contribution in [0, 0.1) is 0 Å². The number of ether oxygens (including phenoxy) is 1. The number of carbonyl (C=O) groups excluding carboxylic acids is 1. The van der Waals surface area contributed by atoms with Crippen molar-refractivity contribution in [1.82, 2.24) is 14.5 Å². The number of halogens is 1. The number of aromatic nitrogens is 2. The summed E-state index contributed by atoms with van der Waals surface area (Å²) in [7, 11) is -1.01. The van der Waals surface area contributed by atoms with Crippen LogP contribution in [0.5, 0.6) is 0 Å². The van der Waals surface area contributed by atoms with Crippen molar-refractivity contribution >= 4 is 31.9 Å². The molecule has 0 aliphatic rings. The average molecular weight is 312 g/mol. The largest absolute Gasteiger partial charge is 0.464 e. The Kier molecular flexibility index (Phi) is 4.05. The lowest BCUT2D eigenvalue weighted by Gasteiger charge is -2.05. The van der Waals surface area contributed by atoms with Crippen LogP contribution in [-0.2, 0) is 20.6 Å². The van der Waals surface area contributed by atoms with E-state index in [9.17, 15) is 13.2 Å². The fraction of sp³-hybridized carbons (Fsp3) is 0.429. The molecular weight excluding hydrogens is 302 g/mol. The molecule has 1 rings (SSSR count). The predicted octanol–water partition coefficient (Wildman–Crippen LogP) is -0.0611. The number of esters is 1. The van der Waals surface area contributed by atoms with Gasteiger partial charge in [-0.2, -0.15) is 5.10 Å². The summed E-state index contributed by atoms with van der Waals surface area (Å²) in [5, 5.41) is 3.83. The Balaban J connectivity index is 3.09. The SMILES string of the molecule is CNS(=O)(=O)Cn1nc(Br)cc1C(=O)OC. The zero-order valence-electron chi connectivity index (χ0n) is 8.60. The van der Waals surface area contributed by atoms with Gasteiger partial charge in [-0.3, -0.25) is 0 Å². The molecule has 0 amide bonds. The van der Waals surface area contributed by atoms with Crippen LogP contribution in [0.3, 0.4) is 0 Å². The molecule has 0 atom stereocenters. The lowest BCUT2D eigenvalue weighted by molar-refractivity contribution is 0.0588. The summed E-state index contributed by atoms with van der Waals surface area (Å²) < 4.78 is 30.6. The van der Waals surface area contributed by atoms with Gasteiger partial charge < -0.3 is 4.74 Å². The minimum Gasteiger partial charge on any atom is -0.464 e. The smallest absolute Gasteiger partial charge is 0.356 e. The Hall–Kier alpha value is -0.930. The number of nitrogens with one attached hydrogen (secondary N) is 1. The van der Waals surface area contributed by atoms with Gasteiger partial charge in [0, 0.05) is 6.07 Å². The highest BCUT2D eigenvalue weighted by Gasteiger charge is 2.19. The number of sulfonamides is 1. The van der Waals surface area contributed by atoms with Gasteiger partial charge >= 0.3 is 5.97 Å². The molecule has 0 aromatic carbocycles. The Bertz CT molecular complexity index is 496. The highest BCUT2D eigenvalue weighted by molar-refractivity contribution is 9.10. The molecule has 0 aliphatic heterocycles. The first kappa shape index (κ1) is 13.1. The second-order valence-electron chi connectivity index (χ2n) is 2.79. The summed E-state index contributed by atoms with van der Waals surface area (Å²) in [6, 6.07) is 1.39. The van der Waals surface area contributed by atoms with Crippen LogP contribution in [0.4, 0.5) is 0 Å². The van der Waals surface area contributed by atoms with Gasteiger partial charge in [0.15, 0.2) is 5.88 Å². The van der Waals surface area contributed by atoms with Gasteiger partial charge in [-0.15, -0.1) is 0 Å². The van der Waals surface area contributed by atoms with E-state index >= 15 is 0 Å². The summed E-state index contributed by atoms with van der Waals surface area (Å²) >= 11 is 3.06. The fourth-order valence-electron chi connectivity index (χ4n) is 0.978. The molecule has 0 spiro atoms. The maximum Gasteiger partial charge on any atom is 0.356 e. The summed E-state index contributed by atoms with van der Waals surface area (Å²) in [5.41, 5.74) is 0.0631. The fourth-order valence-corrected chi connectivity index (χ4v) is 2.03. The number of nitrogens with zero attached hydrogens (tertiary/aromatic N) is 2. The highest BCUT2D eigenvalue weighted by Crippen LogP contribution is 2.12. The van der Waals surface area contributed by atoms with Crippen molar-refractivity contribution in [2.45, 2.75) is 5.88 Å². The number of hydrogen-bond donors (Lipinski definition) is 1. The predicted molar refractivity (Wildman–Crippen MR) is 59.2 cm³/mol. The van der Waals surface area contributed by atoms with Crippen LogP contribution in [0.25, 0.3) is 0 Å². The maximum absolute atomic E-state index is 11.3. The monoisotopic (exact) mass is 311 g/mol. The van der Waals surface area contributed by atoms with Gasteiger partial charge in [0.1, 0.15) is 10.3 Å². The summed E-state index contributed by atoms with van der Waals surface area (Å²) in [6.45, 7) is 0. The lowest BCUT2D eigenvalue weighted by Crippen LogP contribution is -2.26.